The van der Waals surface area contributed by atoms with E-state index in [-0.39, 0.29) is 10.8 Å². The Kier molecular flexibility index (Phi) is 5.69. The molecule has 2 aliphatic carbocycles. The predicted molar refractivity (Wildman–Crippen MR) is 135 cm³/mol. The maximum Gasteiger partial charge on any atom is 0.328 e. The highest BCUT2D eigenvalue weighted by Crippen LogP contribution is 2.49. The monoisotopic (exact) mass is 428 g/mol. The first-order valence-electron chi connectivity index (χ1n) is 11.9. The summed E-state index contributed by atoms with van der Waals surface area (Å²) >= 11 is 0. The van der Waals surface area contributed by atoms with E-state index in [4.69, 9.17) is 5.11 Å². The first kappa shape index (κ1) is 22.6. The van der Waals surface area contributed by atoms with Crippen molar-refractivity contribution < 1.29 is 9.90 Å². The van der Waals surface area contributed by atoms with Gasteiger partial charge in [-0.05, 0) is 107 Å². The van der Waals surface area contributed by atoms with Crippen LogP contribution in [0.1, 0.15) is 100 Å². The van der Waals surface area contributed by atoms with Crippen LogP contribution in [0.3, 0.4) is 0 Å². The van der Waals surface area contributed by atoms with Crippen LogP contribution in [0.5, 0.6) is 0 Å². The maximum absolute atomic E-state index is 11.0. The summed E-state index contributed by atoms with van der Waals surface area (Å²) in [6, 6.07) is 13.4. The van der Waals surface area contributed by atoms with Crippen molar-refractivity contribution in [2.24, 2.45) is 0 Å². The van der Waals surface area contributed by atoms with Crippen molar-refractivity contribution in [2.75, 3.05) is 0 Å². The predicted octanol–water partition coefficient (Wildman–Crippen LogP) is 7.93. The zero-order valence-corrected chi connectivity index (χ0v) is 20.4. The second-order valence-electron chi connectivity index (χ2n) is 11.0. The van der Waals surface area contributed by atoms with Crippen LogP contribution < -0.4 is 0 Å². The molecule has 0 saturated heterocycles. The number of aliphatic carboxylic acids is 1. The number of carboxylic acids is 1. The van der Waals surface area contributed by atoms with Gasteiger partial charge in [0.1, 0.15) is 0 Å². The lowest BCUT2D eigenvalue weighted by Gasteiger charge is -2.42. The highest BCUT2D eigenvalue weighted by atomic mass is 16.4. The van der Waals surface area contributed by atoms with Gasteiger partial charge in [-0.25, -0.2) is 4.79 Å². The van der Waals surface area contributed by atoms with Gasteiger partial charge in [-0.15, -0.1) is 0 Å². The second kappa shape index (κ2) is 8.06. The molecule has 2 heteroatoms. The summed E-state index contributed by atoms with van der Waals surface area (Å²) in [6.07, 6.45) is 7.15. The molecule has 0 bridgehead atoms. The lowest BCUT2D eigenvalue weighted by atomic mass is 9.62. The van der Waals surface area contributed by atoms with Gasteiger partial charge in [0.05, 0.1) is 0 Å². The molecule has 0 fully saturated rings. The molecule has 0 aromatic heterocycles. The summed E-state index contributed by atoms with van der Waals surface area (Å²) in [5, 5.41) is 9.03. The van der Waals surface area contributed by atoms with E-state index in [0.717, 1.165) is 24.0 Å². The van der Waals surface area contributed by atoms with Crippen LogP contribution in [-0.4, -0.2) is 11.1 Å². The van der Waals surface area contributed by atoms with Gasteiger partial charge in [0.25, 0.3) is 0 Å². The average Bonchev–Trinajstić information content (AvgIpc) is 3.20. The van der Waals surface area contributed by atoms with Crippen LogP contribution in [0.25, 0.3) is 16.7 Å². The molecule has 2 aliphatic rings. The fourth-order valence-electron chi connectivity index (χ4n) is 5.61. The molecule has 1 N–H and O–H groups in total. The third-order valence-corrected chi connectivity index (χ3v) is 7.77. The average molecular weight is 429 g/mol. The van der Waals surface area contributed by atoms with Gasteiger partial charge in [0.2, 0.25) is 0 Å². The molecule has 0 radical (unpaired) electrons. The molecule has 4 rings (SSSR count). The SMILES string of the molecule is CC(=CC(=O)O)c1ccc(C2=C(c3cc4c(cc3C)C(C)(C)CCC4(C)C)CCC2)cc1. The lowest BCUT2D eigenvalue weighted by Crippen LogP contribution is -2.34. The highest BCUT2D eigenvalue weighted by molar-refractivity contribution is 5.94. The van der Waals surface area contributed by atoms with E-state index in [2.05, 4.69) is 71.0 Å². The van der Waals surface area contributed by atoms with E-state index < -0.39 is 5.97 Å². The van der Waals surface area contributed by atoms with Crippen LogP contribution in [0, 0.1) is 6.92 Å². The van der Waals surface area contributed by atoms with E-state index in [0.29, 0.717) is 0 Å². The summed E-state index contributed by atoms with van der Waals surface area (Å²) in [5.41, 5.74) is 12.3. The van der Waals surface area contributed by atoms with E-state index in [9.17, 15) is 4.79 Å². The Balaban J connectivity index is 1.79. The molecule has 0 heterocycles. The normalized spacial score (nSPS) is 19.8. The van der Waals surface area contributed by atoms with Gasteiger partial charge in [-0.2, -0.15) is 0 Å². The Morgan fingerprint density at radius 2 is 1.47 bits per heavy atom. The van der Waals surface area contributed by atoms with Crippen LogP contribution >= 0.6 is 0 Å². The standard InChI is InChI=1S/C30H36O2/c1-19(17-28(31)32)21-10-12-22(13-11-21)23-8-7-9-24(23)25-18-27-26(16-20(25)2)29(3,4)14-15-30(27,5)6/h10-13,16-18H,7-9,14-15H2,1-6H3,(H,31,32). The molecule has 0 atom stereocenters. The van der Waals surface area contributed by atoms with Gasteiger partial charge in [0, 0.05) is 6.08 Å². The third kappa shape index (κ3) is 4.08. The summed E-state index contributed by atoms with van der Waals surface area (Å²) in [5.74, 6) is -0.902. The number of hydrogen-bond donors (Lipinski definition) is 1. The number of carbonyl (C=O) groups is 1. The van der Waals surface area contributed by atoms with Crippen molar-refractivity contribution in [1.82, 2.24) is 0 Å². The van der Waals surface area contributed by atoms with Crippen molar-refractivity contribution in [2.45, 2.75) is 84.5 Å². The van der Waals surface area contributed by atoms with Gasteiger partial charge in [-0.1, -0.05) is 64.1 Å². The fourth-order valence-corrected chi connectivity index (χ4v) is 5.61. The Bertz CT molecular complexity index is 1120. The van der Waals surface area contributed by atoms with E-state index >= 15 is 0 Å². The highest BCUT2D eigenvalue weighted by Gasteiger charge is 2.37. The Labute approximate surface area is 193 Å². The van der Waals surface area contributed by atoms with Gasteiger partial charge in [0.15, 0.2) is 0 Å². The Morgan fingerprint density at radius 3 is 2.06 bits per heavy atom. The Morgan fingerprint density at radius 1 is 0.906 bits per heavy atom. The van der Waals surface area contributed by atoms with Crippen LogP contribution in [0.4, 0.5) is 0 Å². The zero-order chi connectivity index (χ0) is 23.3. The third-order valence-electron chi connectivity index (χ3n) is 7.77. The van der Waals surface area contributed by atoms with Crippen molar-refractivity contribution in [3.8, 4) is 0 Å². The number of benzene rings is 2. The molecule has 32 heavy (non-hydrogen) atoms. The number of fused-ring (bicyclic) bond motifs is 1. The topological polar surface area (TPSA) is 37.3 Å². The number of aryl methyl sites for hydroxylation is 1. The van der Waals surface area contributed by atoms with Crippen LogP contribution in [0.15, 0.2) is 42.5 Å². The fraction of sp³-hybridized carbons (Fsp3) is 0.433. The van der Waals surface area contributed by atoms with Crippen LogP contribution in [-0.2, 0) is 15.6 Å². The summed E-state index contributed by atoms with van der Waals surface area (Å²) < 4.78 is 0. The smallest absolute Gasteiger partial charge is 0.328 e. The van der Waals surface area contributed by atoms with Crippen molar-refractivity contribution >= 4 is 22.7 Å². The van der Waals surface area contributed by atoms with E-state index in [1.165, 1.54) is 64.3 Å². The minimum Gasteiger partial charge on any atom is -0.478 e. The molecular formula is C30H36O2. The van der Waals surface area contributed by atoms with E-state index in [1.54, 1.807) is 0 Å². The number of hydrogen-bond acceptors (Lipinski definition) is 1. The molecule has 2 aromatic rings. The Hall–Kier alpha value is -2.61. The minimum absolute atomic E-state index is 0.211. The molecular weight excluding hydrogens is 392 g/mol. The molecule has 0 saturated carbocycles. The van der Waals surface area contributed by atoms with Crippen LogP contribution in [0.2, 0.25) is 0 Å². The minimum atomic E-state index is -0.902. The molecule has 2 aromatic carbocycles. The second-order valence-corrected chi connectivity index (χ2v) is 11.0. The molecule has 2 nitrogen and oxygen atoms in total. The largest absolute Gasteiger partial charge is 0.478 e. The van der Waals surface area contributed by atoms with Gasteiger partial charge < -0.3 is 5.11 Å². The molecule has 0 amide bonds. The summed E-state index contributed by atoms with van der Waals surface area (Å²) in [4.78, 5) is 11.0. The summed E-state index contributed by atoms with van der Waals surface area (Å²) in [7, 11) is 0. The quantitative estimate of drug-likeness (QED) is 0.502. The molecule has 0 spiro atoms. The summed E-state index contributed by atoms with van der Waals surface area (Å²) in [6.45, 7) is 13.7. The van der Waals surface area contributed by atoms with E-state index in [1.807, 2.05) is 6.92 Å². The first-order chi connectivity index (χ1) is 15.0. The van der Waals surface area contributed by atoms with Crippen molar-refractivity contribution in [3.63, 3.8) is 0 Å². The molecule has 168 valence electrons. The van der Waals surface area contributed by atoms with Gasteiger partial charge in [-0.3, -0.25) is 0 Å². The van der Waals surface area contributed by atoms with Crippen molar-refractivity contribution in [1.29, 1.82) is 0 Å². The van der Waals surface area contributed by atoms with Crippen molar-refractivity contribution in [3.05, 3.63) is 75.9 Å². The zero-order valence-electron chi connectivity index (χ0n) is 20.4. The number of carboxylic acid groups (broad SMARTS) is 1. The maximum atomic E-state index is 11.0. The first-order valence-corrected chi connectivity index (χ1v) is 11.9. The van der Waals surface area contributed by atoms with Gasteiger partial charge >= 0.3 is 5.97 Å². The number of allylic oxidation sites excluding steroid dienone is 3. The molecule has 0 aliphatic heterocycles. The number of rotatable bonds is 4. The lowest BCUT2D eigenvalue weighted by molar-refractivity contribution is -0.131. The molecule has 0 unspecified atom stereocenters.